The van der Waals surface area contributed by atoms with Crippen molar-refractivity contribution in [3.63, 3.8) is 0 Å². The van der Waals surface area contributed by atoms with E-state index in [1.54, 1.807) is 11.5 Å². The van der Waals surface area contributed by atoms with E-state index >= 15 is 0 Å². The van der Waals surface area contributed by atoms with Gasteiger partial charge in [-0.1, -0.05) is 12.1 Å². The van der Waals surface area contributed by atoms with Gasteiger partial charge in [0.05, 0.1) is 12.7 Å². The maximum absolute atomic E-state index is 13.6. The topological polar surface area (TPSA) is 54.3 Å². The molecule has 0 aliphatic carbocycles. The zero-order valence-corrected chi connectivity index (χ0v) is 14.1. The highest BCUT2D eigenvalue weighted by Crippen LogP contribution is 2.28. The lowest BCUT2D eigenvalue weighted by Gasteiger charge is -2.11. The van der Waals surface area contributed by atoms with Crippen molar-refractivity contribution in [1.82, 2.24) is 5.43 Å². The number of hydrazine groups is 1. The summed E-state index contributed by atoms with van der Waals surface area (Å²) in [7, 11) is 0. The molecule has 0 saturated carbocycles. The molecule has 1 amide bonds. The Labute approximate surface area is 149 Å². The molecular formula is C18H13F5N2O2. The van der Waals surface area contributed by atoms with E-state index in [9.17, 15) is 26.7 Å². The summed E-state index contributed by atoms with van der Waals surface area (Å²) in [6.07, 6.45) is 1.13. The van der Waals surface area contributed by atoms with Crippen molar-refractivity contribution in [3.8, 4) is 0 Å². The number of amides is 1. The maximum atomic E-state index is 13.6. The second-order valence-electron chi connectivity index (χ2n) is 5.94. The number of carbonyl (C=O) groups is 1. The van der Waals surface area contributed by atoms with Gasteiger partial charge < -0.3 is 4.42 Å². The number of fused-ring (bicyclic) bond motifs is 1. The summed E-state index contributed by atoms with van der Waals surface area (Å²) in [5.74, 6) is -11.4. The minimum Gasteiger partial charge on any atom is -0.464 e. The predicted molar refractivity (Wildman–Crippen MR) is 87.4 cm³/mol. The molecule has 9 heteroatoms. The van der Waals surface area contributed by atoms with Crippen LogP contribution in [0, 0.1) is 42.9 Å². The number of aryl methyl sites for hydroxylation is 2. The van der Waals surface area contributed by atoms with Crippen LogP contribution in [0.15, 0.2) is 22.8 Å². The van der Waals surface area contributed by atoms with Gasteiger partial charge in [-0.05, 0) is 25.0 Å². The summed E-state index contributed by atoms with van der Waals surface area (Å²) in [4.78, 5) is 12.0. The van der Waals surface area contributed by atoms with Gasteiger partial charge in [0.2, 0.25) is 11.7 Å². The van der Waals surface area contributed by atoms with Crippen LogP contribution in [0.5, 0.6) is 0 Å². The van der Waals surface area contributed by atoms with Crippen LogP contribution in [-0.4, -0.2) is 5.91 Å². The Bertz CT molecular complexity index is 1030. The van der Waals surface area contributed by atoms with Gasteiger partial charge in [-0.2, -0.15) is 0 Å². The highest BCUT2D eigenvalue weighted by molar-refractivity contribution is 5.89. The SMILES string of the molecule is Cc1ccc2c(CC(=O)NNc3c(F)c(F)c(F)c(F)c3F)coc2c1C. The van der Waals surface area contributed by atoms with Gasteiger partial charge in [0.25, 0.3) is 0 Å². The highest BCUT2D eigenvalue weighted by Gasteiger charge is 2.26. The number of hydrogen-bond acceptors (Lipinski definition) is 3. The van der Waals surface area contributed by atoms with Gasteiger partial charge in [0, 0.05) is 10.9 Å². The number of benzene rings is 2. The second kappa shape index (κ2) is 6.90. The van der Waals surface area contributed by atoms with E-state index in [0.29, 0.717) is 16.5 Å². The lowest BCUT2D eigenvalue weighted by Crippen LogP contribution is -2.32. The molecule has 3 rings (SSSR count). The molecule has 0 aliphatic heterocycles. The first kappa shape index (κ1) is 18.7. The molecule has 0 unspecified atom stereocenters. The van der Waals surface area contributed by atoms with Crippen molar-refractivity contribution in [1.29, 1.82) is 0 Å². The Hall–Kier alpha value is -3.10. The number of rotatable bonds is 4. The standard InChI is InChI=1S/C18H13F5N2O2/c1-7-3-4-10-9(6-27-18(10)8(7)2)5-11(26)24-25-17-15(22)13(20)12(19)14(21)16(17)23/h3-4,6,25H,5H2,1-2H3,(H,24,26). The molecule has 0 bridgehead atoms. The number of anilines is 1. The number of furan rings is 1. The number of hydrogen-bond donors (Lipinski definition) is 2. The third-order valence-corrected chi connectivity index (χ3v) is 4.23. The zero-order chi connectivity index (χ0) is 19.9. The lowest BCUT2D eigenvalue weighted by molar-refractivity contribution is -0.119. The van der Waals surface area contributed by atoms with Crippen molar-refractivity contribution in [2.45, 2.75) is 20.3 Å². The van der Waals surface area contributed by atoms with Crippen molar-refractivity contribution < 1.29 is 31.2 Å². The molecule has 2 aromatic carbocycles. The Kier molecular flexibility index (Phi) is 4.77. The molecule has 0 atom stereocenters. The van der Waals surface area contributed by atoms with Crippen LogP contribution in [0.1, 0.15) is 16.7 Å². The first-order chi connectivity index (χ1) is 12.7. The van der Waals surface area contributed by atoms with Gasteiger partial charge >= 0.3 is 0 Å². The van der Waals surface area contributed by atoms with Crippen LogP contribution in [0.4, 0.5) is 27.6 Å². The Balaban J connectivity index is 1.78. The molecule has 1 aromatic heterocycles. The zero-order valence-electron chi connectivity index (χ0n) is 14.1. The largest absolute Gasteiger partial charge is 0.464 e. The molecule has 3 aromatic rings. The second-order valence-corrected chi connectivity index (χ2v) is 5.94. The van der Waals surface area contributed by atoms with E-state index in [0.717, 1.165) is 11.1 Å². The third kappa shape index (κ3) is 3.20. The Morgan fingerprint density at radius 1 is 0.963 bits per heavy atom. The molecule has 27 heavy (non-hydrogen) atoms. The molecule has 0 radical (unpaired) electrons. The van der Waals surface area contributed by atoms with Crippen LogP contribution < -0.4 is 10.9 Å². The van der Waals surface area contributed by atoms with Gasteiger partial charge in [-0.15, -0.1) is 0 Å². The minimum absolute atomic E-state index is 0.238. The quantitative estimate of drug-likeness (QED) is 0.303. The summed E-state index contributed by atoms with van der Waals surface area (Å²) in [5.41, 5.74) is 5.33. The predicted octanol–water partition coefficient (Wildman–Crippen LogP) is 4.43. The van der Waals surface area contributed by atoms with Gasteiger partial charge in [-0.25, -0.2) is 22.0 Å². The summed E-state index contributed by atoms with van der Waals surface area (Å²) in [6.45, 7) is 3.76. The van der Waals surface area contributed by atoms with E-state index in [-0.39, 0.29) is 6.42 Å². The summed E-state index contributed by atoms with van der Waals surface area (Å²) in [5, 5.41) is 0.685. The molecule has 1 heterocycles. The smallest absolute Gasteiger partial charge is 0.242 e. The van der Waals surface area contributed by atoms with Gasteiger partial charge in [-0.3, -0.25) is 15.6 Å². The van der Waals surface area contributed by atoms with E-state index in [2.05, 4.69) is 0 Å². The number of carbonyl (C=O) groups excluding carboxylic acids is 1. The summed E-state index contributed by atoms with van der Waals surface area (Å²) < 4.78 is 71.9. The van der Waals surface area contributed by atoms with Gasteiger partial charge in [0.15, 0.2) is 23.3 Å². The average Bonchev–Trinajstić information content (AvgIpc) is 3.04. The van der Waals surface area contributed by atoms with Crippen molar-refractivity contribution in [2.24, 2.45) is 0 Å². The van der Waals surface area contributed by atoms with E-state index in [1.807, 2.05) is 25.3 Å². The summed E-state index contributed by atoms with van der Waals surface area (Å²) in [6, 6.07) is 3.61. The Morgan fingerprint density at radius 3 is 2.19 bits per heavy atom. The molecule has 4 nitrogen and oxygen atoms in total. The van der Waals surface area contributed by atoms with Crippen LogP contribution >= 0.6 is 0 Å². The number of halogens is 5. The van der Waals surface area contributed by atoms with E-state index < -0.39 is 40.7 Å². The average molecular weight is 384 g/mol. The van der Waals surface area contributed by atoms with Gasteiger partial charge in [0.1, 0.15) is 11.3 Å². The third-order valence-electron chi connectivity index (χ3n) is 4.23. The molecule has 0 saturated heterocycles. The van der Waals surface area contributed by atoms with Crippen LogP contribution in [0.2, 0.25) is 0 Å². The molecule has 142 valence electrons. The number of nitrogens with one attached hydrogen (secondary N) is 2. The molecule has 2 N–H and O–H groups in total. The van der Waals surface area contributed by atoms with Crippen LogP contribution in [0.3, 0.4) is 0 Å². The fraction of sp³-hybridized carbons (Fsp3) is 0.167. The van der Waals surface area contributed by atoms with Crippen molar-refractivity contribution in [2.75, 3.05) is 5.43 Å². The first-order valence-corrected chi connectivity index (χ1v) is 7.75. The van der Waals surface area contributed by atoms with Crippen molar-refractivity contribution >= 4 is 22.6 Å². The van der Waals surface area contributed by atoms with Crippen LogP contribution in [-0.2, 0) is 11.2 Å². The molecule has 0 aliphatic rings. The molecule has 0 fully saturated rings. The minimum atomic E-state index is -2.28. The van der Waals surface area contributed by atoms with Crippen LogP contribution in [0.25, 0.3) is 11.0 Å². The van der Waals surface area contributed by atoms with E-state index in [4.69, 9.17) is 4.42 Å². The fourth-order valence-corrected chi connectivity index (χ4v) is 2.59. The highest BCUT2D eigenvalue weighted by atomic mass is 19.2. The monoisotopic (exact) mass is 384 g/mol. The first-order valence-electron chi connectivity index (χ1n) is 7.75. The Morgan fingerprint density at radius 2 is 1.56 bits per heavy atom. The van der Waals surface area contributed by atoms with Crippen molar-refractivity contribution in [3.05, 3.63) is 64.2 Å². The fourth-order valence-electron chi connectivity index (χ4n) is 2.59. The normalized spacial score (nSPS) is 11.1. The summed E-state index contributed by atoms with van der Waals surface area (Å²) >= 11 is 0. The maximum Gasteiger partial charge on any atom is 0.242 e. The molecular weight excluding hydrogens is 371 g/mol. The van der Waals surface area contributed by atoms with E-state index in [1.165, 1.54) is 6.26 Å². The molecule has 0 spiro atoms. The lowest BCUT2D eigenvalue weighted by atomic mass is 10.0.